The van der Waals surface area contributed by atoms with Gasteiger partial charge in [0.05, 0.1) is 0 Å². The number of carbonyl (C=O) groups excluding carboxylic acids is 4. The van der Waals surface area contributed by atoms with Gasteiger partial charge in [0.1, 0.15) is 6.61 Å². The van der Waals surface area contributed by atoms with Gasteiger partial charge in [-0.2, -0.15) is 0 Å². The minimum Gasteiger partial charge on any atom is -0.432 e. The van der Waals surface area contributed by atoms with Gasteiger partial charge < -0.3 is 14.6 Å². The number of amides is 2. The van der Waals surface area contributed by atoms with Crippen LogP contribution in [0.15, 0.2) is 36.4 Å². The lowest BCUT2D eigenvalue weighted by molar-refractivity contribution is -0.177. The molecule has 2 aromatic rings. The SMILES string of the molecule is Cc1ccc2c(c1)C(COC(=O)ON1C(=O)CCC1=O)c1cc(C(=O)CCCOCCCCO)ccc1-2. The second kappa shape index (κ2) is 12.1. The largest absolute Gasteiger partial charge is 0.533 e. The Morgan fingerprint density at radius 1 is 0.946 bits per heavy atom. The number of carbonyl (C=O) groups is 4. The van der Waals surface area contributed by atoms with Gasteiger partial charge in [-0.15, -0.1) is 0 Å². The molecule has 196 valence electrons. The summed E-state index contributed by atoms with van der Waals surface area (Å²) >= 11 is 0. The number of imide groups is 1. The van der Waals surface area contributed by atoms with Crippen LogP contribution in [0.4, 0.5) is 4.79 Å². The molecular weight excluding hydrogens is 478 g/mol. The highest BCUT2D eigenvalue weighted by Gasteiger charge is 2.35. The van der Waals surface area contributed by atoms with Gasteiger partial charge in [0.25, 0.3) is 11.8 Å². The number of ketones is 1. The van der Waals surface area contributed by atoms with E-state index in [1.165, 1.54) is 0 Å². The van der Waals surface area contributed by atoms with Crippen molar-refractivity contribution in [3.8, 4) is 11.1 Å². The van der Waals surface area contributed by atoms with Crippen LogP contribution in [-0.4, -0.2) is 60.4 Å². The van der Waals surface area contributed by atoms with Crippen molar-refractivity contribution in [2.75, 3.05) is 26.4 Å². The smallest absolute Gasteiger partial charge is 0.432 e. The lowest BCUT2D eigenvalue weighted by atomic mass is 9.94. The van der Waals surface area contributed by atoms with Crippen LogP contribution in [0.2, 0.25) is 0 Å². The van der Waals surface area contributed by atoms with Gasteiger partial charge in [-0.05, 0) is 54.5 Å². The Morgan fingerprint density at radius 2 is 1.62 bits per heavy atom. The molecule has 1 unspecified atom stereocenters. The zero-order valence-corrected chi connectivity index (χ0v) is 20.9. The number of unbranched alkanes of at least 4 members (excludes halogenated alkanes) is 1. The number of aliphatic hydroxyl groups excluding tert-OH is 1. The van der Waals surface area contributed by atoms with Crippen molar-refractivity contribution < 1.29 is 38.6 Å². The first-order valence-corrected chi connectivity index (χ1v) is 12.6. The number of aryl methyl sites for hydroxylation is 1. The topological polar surface area (TPSA) is 119 Å². The Kier molecular flexibility index (Phi) is 8.68. The van der Waals surface area contributed by atoms with Gasteiger partial charge in [-0.3, -0.25) is 19.2 Å². The van der Waals surface area contributed by atoms with E-state index in [0.29, 0.717) is 43.1 Å². The molecule has 0 spiro atoms. The van der Waals surface area contributed by atoms with E-state index in [0.717, 1.165) is 34.2 Å². The number of rotatable bonds is 12. The summed E-state index contributed by atoms with van der Waals surface area (Å²) in [6, 6.07) is 11.6. The lowest BCUT2D eigenvalue weighted by Gasteiger charge is -2.17. The molecule has 1 N–H and O–H groups in total. The first-order valence-electron chi connectivity index (χ1n) is 12.6. The van der Waals surface area contributed by atoms with Gasteiger partial charge in [-0.25, -0.2) is 4.79 Å². The van der Waals surface area contributed by atoms with E-state index in [4.69, 9.17) is 19.4 Å². The predicted octanol–water partition coefficient (Wildman–Crippen LogP) is 4.08. The third-order valence-electron chi connectivity index (χ3n) is 6.55. The molecule has 9 heteroatoms. The number of hydrogen-bond acceptors (Lipinski definition) is 8. The van der Waals surface area contributed by atoms with Gasteiger partial charge in [0.2, 0.25) is 0 Å². The Bertz CT molecular complexity index is 1170. The van der Waals surface area contributed by atoms with E-state index >= 15 is 0 Å². The fourth-order valence-corrected chi connectivity index (χ4v) is 4.64. The number of aliphatic hydroxyl groups is 1. The number of benzene rings is 2. The third-order valence-corrected chi connectivity index (χ3v) is 6.55. The zero-order chi connectivity index (χ0) is 26.4. The van der Waals surface area contributed by atoms with Gasteiger partial charge >= 0.3 is 6.16 Å². The highest BCUT2D eigenvalue weighted by molar-refractivity contribution is 6.01. The molecule has 0 bridgehead atoms. The summed E-state index contributed by atoms with van der Waals surface area (Å²) in [5, 5.41) is 9.26. The minimum absolute atomic E-state index is 0.000897. The average molecular weight is 510 g/mol. The van der Waals surface area contributed by atoms with E-state index < -0.39 is 18.0 Å². The van der Waals surface area contributed by atoms with Crippen LogP contribution in [0.3, 0.4) is 0 Å². The van der Waals surface area contributed by atoms with E-state index in [1.807, 2.05) is 43.3 Å². The van der Waals surface area contributed by atoms with E-state index in [1.54, 1.807) is 0 Å². The lowest BCUT2D eigenvalue weighted by Crippen LogP contribution is -2.32. The Hall–Kier alpha value is -3.56. The van der Waals surface area contributed by atoms with Crippen molar-refractivity contribution in [2.24, 2.45) is 0 Å². The molecule has 0 aromatic heterocycles. The molecule has 2 aromatic carbocycles. The molecule has 1 aliphatic heterocycles. The van der Waals surface area contributed by atoms with Crippen LogP contribution in [0, 0.1) is 6.92 Å². The van der Waals surface area contributed by atoms with E-state index in [2.05, 4.69) is 0 Å². The Morgan fingerprint density at radius 3 is 2.35 bits per heavy atom. The summed E-state index contributed by atoms with van der Waals surface area (Å²) in [6.07, 6.45) is 1.31. The summed E-state index contributed by atoms with van der Waals surface area (Å²) in [7, 11) is 0. The monoisotopic (exact) mass is 509 g/mol. The molecule has 1 aliphatic carbocycles. The molecule has 1 fully saturated rings. The highest BCUT2D eigenvalue weighted by Crippen LogP contribution is 2.45. The first kappa shape index (κ1) is 26.5. The van der Waals surface area contributed by atoms with Crippen LogP contribution in [0.1, 0.15) is 71.5 Å². The van der Waals surface area contributed by atoms with Gasteiger partial charge in [0.15, 0.2) is 5.78 Å². The van der Waals surface area contributed by atoms with Crippen LogP contribution < -0.4 is 0 Å². The van der Waals surface area contributed by atoms with Crippen molar-refractivity contribution >= 4 is 23.8 Å². The van der Waals surface area contributed by atoms with Gasteiger partial charge in [-0.1, -0.05) is 41.0 Å². The van der Waals surface area contributed by atoms with Crippen molar-refractivity contribution in [1.82, 2.24) is 5.06 Å². The van der Waals surface area contributed by atoms with Crippen molar-refractivity contribution in [1.29, 1.82) is 0 Å². The van der Waals surface area contributed by atoms with Crippen molar-refractivity contribution in [2.45, 2.75) is 51.4 Å². The maximum atomic E-state index is 12.9. The van der Waals surface area contributed by atoms with Crippen molar-refractivity contribution in [3.05, 3.63) is 58.7 Å². The van der Waals surface area contributed by atoms with E-state index in [9.17, 15) is 19.2 Å². The van der Waals surface area contributed by atoms with Crippen LogP contribution in [0.5, 0.6) is 0 Å². The molecular formula is C28H31NO8. The molecule has 2 aliphatic rings. The minimum atomic E-state index is -1.13. The number of Topliss-reactive ketones (excluding diaryl/α,β-unsaturated/α-hetero) is 1. The van der Waals surface area contributed by atoms with E-state index in [-0.39, 0.29) is 37.8 Å². The fourth-order valence-electron chi connectivity index (χ4n) is 4.64. The Labute approximate surface area is 215 Å². The molecule has 1 atom stereocenters. The summed E-state index contributed by atoms with van der Waals surface area (Å²) in [4.78, 5) is 53.4. The fraction of sp³-hybridized carbons (Fsp3) is 0.429. The number of nitrogens with zero attached hydrogens (tertiary/aromatic N) is 1. The first-order chi connectivity index (χ1) is 17.9. The highest BCUT2D eigenvalue weighted by atomic mass is 16.8. The molecule has 2 amide bonds. The quantitative estimate of drug-likeness (QED) is 0.197. The summed E-state index contributed by atoms with van der Waals surface area (Å²) < 4.78 is 10.8. The molecule has 0 saturated carbocycles. The third kappa shape index (κ3) is 6.23. The number of ether oxygens (including phenoxy) is 2. The maximum absolute atomic E-state index is 12.9. The summed E-state index contributed by atoms with van der Waals surface area (Å²) in [5.41, 5.74) is 5.42. The van der Waals surface area contributed by atoms with Crippen LogP contribution in [-0.2, 0) is 23.9 Å². The standard InChI is InChI=1S/C28H31NO8/c1-18-6-8-20-21-9-7-19(25(31)5-4-14-35-13-3-2-12-30)16-23(21)24(22(20)15-18)17-36-28(34)37-29-26(32)10-11-27(29)33/h6-9,15-16,24,30H,2-5,10-14,17H2,1H3. The number of fused-ring (bicyclic) bond motifs is 3. The number of hydrogen-bond donors (Lipinski definition) is 1. The molecule has 37 heavy (non-hydrogen) atoms. The molecule has 0 radical (unpaired) electrons. The molecule has 1 saturated heterocycles. The van der Waals surface area contributed by atoms with Crippen LogP contribution >= 0.6 is 0 Å². The predicted molar refractivity (Wildman–Crippen MR) is 133 cm³/mol. The normalized spacial score (nSPS) is 16.1. The second-order valence-electron chi connectivity index (χ2n) is 9.25. The molecule has 1 heterocycles. The summed E-state index contributed by atoms with van der Waals surface area (Å²) in [5.74, 6) is -1.48. The van der Waals surface area contributed by atoms with Gasteiger partial charge in [0, 0.05) is 50.6 Å². The number of hydroxylamine groups is 2. The zero-order valence-electron chi connectivity index (χ0n) is 20.9. The molecule has 4 rings (SSSR count). The molecule has 9 nitrogen and oxygen atoms in total. The second-order valence-corrected chi connectivity index (χ2v) is 9.25. The maximum Gasteiger partial charge on any atom is 0.533 e. The summed E-state index contributed by atoms with van der Waals surface area (Å²) in [6.45, 7) is 3.09. The average Bonchev–Trinajstić information content (AvgIpc) is 3.37. The van der Waals surface area contributed by atoms with Crippen LogP contribution in [0.25, 0.3) is 11.1 Å². The van der Waals surface area contributed by atoms with Crippen molar-refractivity contribution in [3.63, 3.8) is 0 Å². The Balaban J connectivity index is 1.43.